The third-order valence-electron chi connectivity index (χ3n) is 4.62. The molecule has 1 aliphatic heterocycles. The van der Waals surface area contributed by atoms with Crippen molar-refractivity contribution in [2.45, 2.75) is 91.3 Å². The number of rotatable bonds is 8. The highest BCUT2D eigenvalue weighted by Gasteiger charge is 2.29. The summed E-state index contributed by atoms with van der Waals surface area (Å²) in [7, 11) is 0. The van der Waals surface area contributed by atoms with Gasteiger partial charge >= 0.3 is 0 Å². The molecule has 0 spiro atoms. The molecule has 0 saturated carbocycles. The smallest absolute Gasteiger partial charge is 0.0221 e. The van der Waals surface area contributed by atoms with Crippen LogP contribution in [0.15, 0.2) is 0 Å². The van der Waals surface area contributed by atoms with Gasteiger partial charge in [0.2, 0.25) is 0 Å². The molecule has 1 heterocycles. The van der Waals surface area contributed by atoms with Crippen LogP contribution >= 0.6 is 0 Å². The van der Waals surface area contributed by atoms with E-state index in [1.165, 1.54) is 51.6 Å². The summed E-state index contributed by atoms with van der Waals surface area (Å²) in [6, 6.07) is 2.23. The molecule has 1 fully saturated rings. The molecule has 0 amide bonds. The van der Waals surface area contributed by atoms with Gasteiger partial charge in [-0.15, -0.1) is 0 Å². The Labute approximate surface area is 121 Å². The van der Waals surface area contributed by atoms with Crippen molar-refractivity contribution in [3.05, 3.63) is 0 Å². The first-order chi connectivity index (χ1) is 9.08. The third kappa shape index (κ3) is 5.83. The lowest BCUT2D eigenvalue weighted by Gasteiger charge is -2.43. The van der Waals surface area contributed by atoms with Crippen LogP contribution in [0.3, 0.4) is 0 Å². The minimum Gasteiger partial charge on any atom is -0.311 e. The van der Waals surface area contributed by atoms with Gasteiger partial charge in [0.15, 0.2) is 0 Å². The van der Waals surface area contributed by atoms with Crippen LogP contribution in [0.25, 0.3) is 0 Å². The van der Waals surface area contributed by atoms with E-state index in [4.69, 9.17) is 0 Å². The highest BCUT2D eigenvalue weighted by atomic mass is 15.2. The summed E-state index contributed by atoms with van der Waals surface area (Å²) < 4.78 is 0. The Morgan fingerprint density at radius 3 is 2.47 bits per heavy atom. The Hall–Kier alpha value is -0.0800. The molecule has 1 rings (SSSR count). The first-order valence-electron chi connectivity index (χ1n) is 8.57. The molecule has 3 unspecified atom stereocenters. The molecule has 0 aromatic heterocycles. The van der Waals surface area contributed by atoms with Crippen molar-refractivity contribution < 1.29 is 0 Å². The van der Waals surface area contributed by atoms with Gasteiger partial charge in [-0.05, 0) is 32.1 Å². The molecule has 0 radical (unpaired) electrons. The van der Waals surface area contributed by atoms with Gasteiger partial charge in [-0.2, -0.15) is 0 Å². The van der Waals surface area contributed by atoms with Gasteiger partial charge in [0.1, 0.15) is 0 Å². The molecule has 2 nitrogen and oxygen atoms in total. The Morgan fingerprint density at radius 1 is 1.16 bits per heavy atom. The number of hydrogen-bond acceptors (Lipinski definition) is 2. The van der Waals surface area contributed by atoms with E-state index in [0.29, 0.717) is 0 Å². The second-order valence-electron chi connectivity index (χ2n) is 6.83. The quantitative estimate of drug-likeness (QED) is 0.714. The topological polar surface area (TPSA) is 15.3 Å². The molecule has 0 aliphatic carbocycles. The van der Waals surface area contributed by atoms with Gasteiger partial charge < -0.3 is 5.32 Å². The molecule has 3 atom stereocenters. The second-order valence-corrected chi connectivity index (χ2v) is 6.83. The van der Waals surface area contributed by atoms with E-state index in [0.717, 1.165) is 24.0 Å². The molecule has 0 aromatic carbocycles. The number of piperazine rings is 1. The Morgan fingerprint density at radius 2 is 1.89 bits per heavy atom. The van der Waals surface area contributed by atoms with Crippen molar-refractivity contribution in [1.82, 2.24) is 10.2 Å². The fraction of sp³-hybridized carbons (Fsp3) is 1.00. The maximum absolute atomic E-state index is 3.74. The number of nitrogens with zero attached hydrogens (tertiary/aromatic N) is 1. The monoisotopic (exact) mass is 268 g/mol. The van der Waals surface area contributed by atoms with E-state index in [-0.39, 0.29) is 0 Å². The maximum atomic E-state index is 3.74. The fourth-order valence-electron chi connectivity index (χ4n) is 3.34. The molecule has 1 aliphatic rings. The van der Waals surface area contributed by atoms with E-state index in [1.807, 2.05) is 0 Å². The number of nitrogens with one attached hydrogen (secondary N) is 1. The molecule has 19 heavy (non-hydrogen) atoms. The van der Waals surface area contributed by atoms with Crippen LogP contribution in [0.2, 0.25) is 0 Å². The van der Waals surface area contributed by atoms with E-state index < -0.39 is 0 Å². The SMILES string of the molecule is CCCC1CN(C(C)CCCC(C)C)C(CC)CN1. The van der Waals surface area contributed by atoms with Crippen molar-refractivity contribution in [3.63, 3.8) is 0 Å². The van der Waals surface area contributed by atoms with Crippen LogP contribution in [-0.2, 0) is 0 Å². The zero-order valence-corrected chi connectivity index (χ0v) is 13.9. The zero-order chi connectivity index (χ0) is 14.3. The summed E-state index contributed by atoms with van der Waals surface area (Å²) in [6.45, 7) is 14.2. The normalized spacial score (nSPS) is 26.8. The first-order valence-corrected chi connectivity index (χ1v) is 8.57. The van der Waals surface area contributed by atoms with Gasteiger partial charge in [-0.1, -0.05) is 47.0 Å². The molecule has 1 N–H and O–H groups in total. The van der Waals surface area contributed by atoms with Crippen molar-refractivity contribution in [1.29, 1.82) is 0 Å². The highest BCUT2D eigenvalue weighted by Crippen LogP contribution is 2.20. The van der Waals surface area contributed by atoms with Gasteiger partial charge in [-0.3, -0.25) is 4.90 Å². The Kier molecular flexibility index (Phi) is 8.01. The minimum atomic E-state index is 0.723. The van der Waals surface area contributed by atoms with Crippen LogP contribution in [0.5, 0.6) is 0 Å². The predicted octanol–water partition coefficient (Wildman–Crippen LogP) is 4.05. The third-order valence-corrected chi connectivity index (χ3v) is 4.62. The van der Waals surface area contributed by atoms with E-state index in [1.54, 1.807) is 0 Å². The van der Waals surface area contributed by atoms with Crippen molar-refractivity contribution in [2.24, 2.45) is 5.92 Å². The molecular formula is C17H36N2. The van der Waals surface area contributed by atoms with Crippen LogP contribution in [0.4, 0.5) is 0 Å². The van der Waals surface area contributed by atoms with Gasteiger partial charge in [-0.25, -0.2) is 0 Å². The molecular weight excluding hydrogens is 232 g/mol. The van der Waals surface area contributed by atoms with Gasteiger partial charge in [0, 0.05) is 31.2 Å². The zero-order valence-electron chi connectivity index (χ0n) is 13.9. The van der Waals surface area contributed by atoms with Gasteiger partial charge in [0.05, 0.1) is 0 Å². The Balaban J connectivity index is 2.44. The van der Waals surface area contributed by atoms with Crippen LogP contribution in [-0.4, -0.2) is 36.1 Å². The summed E-state index contributed by atoms with van der Waals surface area (Å²) in [5.41, 5.74) is 0. The summed E-state index contributed by atoms with van der Waals surface area (Å²) in [6.07, 6.45) is 8.03. The van der Waals surface area contributed by atoms with Crippen LogP contribution in [0, 0.1) is 5.92 Å². The summed E-state index contributed by atoms with van der Waals surface area (Å²) >= 11 is 0. The number of hydrogen-bond donors (Lipinski definition) is 1. The van der Waals surface area contributed by atoms with E-state index in [2.05, 4.69) is 44.8 Å². The van der Waals surface area contributed by atoms with E-state index >= 15 is 0 Å². The second kappa shape index (κ2) is 8.97. The molecule has 0 bridgehead atoms. The summed E-state index contributed by atoms with van der Waals surface area (Å²) in [5, 5.41) is 3.74. The summed E-state index contributed by atoms with van der Waals surface area (Å²) in [4.78, 5) is 2.79. The maximum Gasteiger partial charge on any atom is 0.0221 e. The predicted molar refractivity (Wildman–Crippen MR) is 85.6 cm³/mol. The highest BCUT2D eigenvalue weighted by molar-refractivity contribution is 4.88. The lowest BCUT2D eigenvalue weighted by molar-refractivity contribution is 0.0781. The van der Waals surface area contributed by atoms with E-state index in [9.17, 15) is 0 Å². The standard InChI is InChI=1S/C17H36N2/c1-6-9-16-13-19(17(7-2)12-18-16)15(5)11-8-10-14(3)4/h14-18H,6-13H2,1-5H3. The van der Waals surface area contributed by atoms with Crippen LogP contribution < -0.4 is 5.32 Å². The first kappa shape index (κ1) is 17.0. The average molecular weight is 268 g/mol. The lowest BCUT2D eigenvalue weighted by atomic mass is 9.98. The lowest BCUT2D eigenvalue weighted by Crippen LogP contribution is -2.58. The molecule has 114 valence electrons. The Bertz CT molecular complexity index is 227. The summed E-state index contributed by atoms with van der Waals surface area (Å²) in [5.74, 6) is 0.852. The average Bonchev–Trinajstić information content (AvgIpc) is 2.38. The molecule has 2 heteroatoms. The van der Waals surface area contributed by atoms with Crippen molar-refractivity contribution in [3.8, 4) is 0 Å². The van der Waals surface area contributed by atoms with Gasteiger partial charge in [0.25, 0.3) is 0 Å². The molecule has 0 aromatic rings. The van der Waals surface area contributed by atoms with Crippen molar-refractivity contribution >= 4 is 0 Å². The minimum absolute atomic E-state index is 0.723. The fourth-order valence-corrected chi connectivity index (χ4v) is 3.34. The van der Waals surface area contributed by atoms with Crippen molar-refractivity contribution in [2.75, 3.05) is 13.1 Å². The van der Waals surface area contributed by atoms with Crippen LogP contribution in [0.1, 0.15) is 73.1 Å². The largest absolute Gasteiger partial charge is 0.311 e. The molecule has 1 saturated heterocycles.